The van der Waals surface area contributed by atoms with Crippen molar-refractivity contribution in [2.24, 2.45) is 0 Å². The van der Waals surface area contributed by atoms with Crippen LogP contribution in [0.4, 0.5) is 0 Å². The molecule has 14 heavy (non-hydrogen) atoms. The third-order valence-electron chi connectivity index (χ3n) is 1.52. The summed E-state index contributed by atoms with van der Waals surface area (Å²) in [6.45, 7) is 2.21. The minimum atomic E-state index is -0.289. The molecular weight excluding hydrogens is 196 g/mol. The zero-order chi connectivity index (χ0) is 10.2. The van der Waals surface area contributed by atoms with Gasteiger partial charge in [-0.05, 0) is 23.1 Å². The van der Waals surface area contributed by atoms with Gasteiger partial charge in [0.2, 0.25) is 0 Å². The number of carbonyl (C=O) groups excluding carboxylic acids is 1. The lowest BCUT2D eigenvalue weighted by Crippen LogP contribution is -1.98. The Morgan fingerprint density at radius 2 is 2.07 bits per heavy atom. The number of thiol groups is 1. The summed E-state index contributed by atoms with van der Waals surface area (Å²) < 4.78 is 4.73. The fraction of sp³-hybridized carbons (Fsp3) is 0.182. The van der Waals surface area contributed by atoms with Crippen LogP contribution in [0.15, 0.2) is 46.6 Å². The average molecular weight is 210 g/mol. The lowest BCUT2D eigenvalue weighted by molar-refractivity contribution is -0.137. The second-order valence-electron chi connectivity index (χ2n) is 2.58. The van der Waals surface area contributed by atoms with E-state index in [-0.39, 0.29) is 16.9 Å². The molecule has 0 unspecified atom stereocenters. The van der Waals surface area contributed by atoms with Crippen molar-refractivity contribution in [3.05, 3.63) is 46.6 Å². The molecule has 0 aromatic rings. The predicted octanol–water partition coefficient (Wildman–Crippen LogP) is 2.66. The molecule has 0 spiro atoms. The number of hydrogen-bond donors (Lipinski definition) is 1. The Morgan fingerprint density at radius 3 is 2.71 bits per heavy atom. The van der Waals surface area contributed by atoms with Crippen molar-refractivity contribution >= 4 is 16.9 Å². The normalized spacial score (nSPS) is 17.4. The van der Waals surface area contributed by atoms with Gasteiger partial charge in [-0.15, -0.1) is 0 Å². The first-order valence-electron chi connectivity index (χ1n) is 4.47. The van der Waals surface area contributed by atoms with Crippen LogP contribution in [0.5, 0.6) is 0 Å². The summed E-state index contributed by atoms with van der Waals surface area (Å²) >= 11 is 0. The zero-order valence-corrected chi connectivity index (χ0v) is 8.98. The summed E-state index contributed by atoms with van der Waals surface area (Å²) in [5.41, 5.74) is 0. The molecule has 0 aromatic carbocycles. The van der Waals surface area contributed by atoms with E-state index in [1.165, 1.54) is 6.08 Å². The topological polar surface area (TPSA) is 26.3 Å². The first-order valence-corrected chi connectivity index (χ1v) is 6.02. The van der Waals surface area contributed by atoms with Crippen molar-refractivity contribution < 1.29 is 9.53 Å². The first kappa shape index (κ1) is 10.9. The Kier molecular flexibility index (Phi) is 4.86. The van der Waals surface area contributed by atoms with Gasteiger partial charge in [0.1, 0.15) is 0 Å². The second-order valence-corrected chi connectivity index (χ2v) is 4.37. The summed E-state index contributed by atoms with van der Waals surface area (Å²) in [5.74, 6) is -0.289. The molecule has 0 saturated carbocycles. The Hall–Kier alpha value is -1.22. The van der Waals surface area contributed by atoms with Gasteiger partial charge in [0.05, 0.1) is 6.61 Å². The van der Waals surface area contributed by atoms with Crippen LogP contribution in [0, 0.1) is 0 Å². The summed E-state index contributed by atoms with van der Waals surface area (Å²) in [5, 5.41) is 6.36. The third-order valence-corrected chi connectivity index (χ3v) is 3.06. The molecule has 2 nitrogen and oxygen atoms in total. The molecule has 0 aromatic heterocycles. The maximum atomic E-state index is 10.9. The standard InChI is InChI=1S/C11H14O2S/c1-2-13-11(12)7-3-4-8-14-9-5-6-10-14/h3-10,14H,2H2,1H3. The third kappa shape index (κ3) is 4.14. The van der Waals surface area contributed by atoms with Crippen LogP contribution >= 0.6 is 10.9 Å². The number of hydrogen-bond acceptors (Lipinski definition) is 2. The maximum Gasteiger partial charge on any atom is 0.330 e. The zero-order valence-electron chi connectivity index (χ0n) is 8.09. The average Bonchev–Trinajstić information content (AvgIpc) is 2.65. The number of allylic oxidation sites excluding steroid dienone is 4. The van der Waals surface area contributed by atoms with Gasteiger partial charge in [-0.1, -0.05) is 24.3 Å². The summed E-state index contributed by atoms with van der Waals surface area (Å²) in [6.07, 6.45) is 9.08. The van der Waals surface area contributed by atoms with E-state index in [9.17, 15) is 4.79 Å². The van der Waals surface area contributed by atoms with Crippen LogP contribution in [0.1, 0.15) is 6.92 Å². The molecule has 0 radical (unpaired) electrons. The molecule has 0 N–H and O–H groups in total. The van der Waals surface area contributed by atoms with E-state index in [4.69, 9.17) is 4.74 Å². The molecular formula is C11H14O2S. The minimum Gasteiger partial charge on any atom is -0.463 e. The van der Waals surface area contributed by atoms with Crippen LogP contribution in [0.2, 0.25) is 0 Å². The van der Waals surface area contributed by atoms with E-state index < -0.39 is 0 Å². The van der Waals surface area contributed by atoms with E-state index in [1.54, 1.807) is 13.0 Å². The van der Waals surface area contributed by atoms with Crippen molar-refractivity contribution in [3.8, 4) is 0 Å². The van der Waals surface area contributed by atoms with E-state index in [0.717, 1.165) is 0 Å². The highest BCUT2D eigenvalue weighted by Gasteiger charge is 1.92. The number of rotatable bonds is 4. The molecule has 0 bridgehead atoms. The van der Waals surface area contributed by atoms with Gasteiger partial charge in [-0.25, -0.2) is 4.79 Å². The van der Waals surface area contributed by atoms with Gasteiger partial charge >= 0.3 is 5.97 Å². The van der Waals surface area contributed by atoms with Gasteiger partial charge in [0, 0.05) is 6.08 Å². The van der Waals surface area contributed by atoms with Crippen LogP contribution < -0.4 is 0 Å². The van der Waals surface area contributed by atoms with Gasteiger partial charge in [0.15, 0.2) is 0 Å². The van der Waals surface area contributed by atoms with Gasteiger partial charge in [-0.2, -0.15) is 10.9 Å². The number of ether oxygens (including phenoxy) is 1. The molecule has 0 amide bonds. The Labute approximate surface area is 87.0 Å². The van der Waals surface area contributed by atoms with Crippen molar-refractivity contribution in [3.63, 3.8) is 0 Å². The largest absolute Gasteiger partial charge is 0.463 e. The SMILES string of the molecule is CCOC(=O)C=CC=C[SH]1C=CC=C1. The lowest BCUT2D eigenvalue weighted by atomic mass is 10.5. The summed E-state index contributed by atoms with van der Waals surface area (Å²) in [6, 6.07) is 0. The molecule has 1 aliphatic rings. The molecule has 0 aliphatic carbocycles. The number of carbonyl (C=O) groups is 1. The maximum absolute atomic E-state index is 10.9. The monoisotopic (exact) mass is 210 g/mol. The van der Waals surface area contributed by atoms with E-state index in [2.05, 4.69) is 16.2 Å². The van der Waals surface area contributed by atoms with Crippen LogP contribution in [-0.2, 0) is 9.53 Å². The fourth-order valence-corrected chi connectivity index (χ4v) is 2.11. The number of esters is 1. The Morgan fingerprint density at radius 1 is 1.36 bits per heavy atom. The van der Waals surface area contributed by atoms with Gasteiger partial charge in [0.25, 0.3) is 0 Å². The smallest absolute Gasteiger partial charge is 0.330 e. The van der Waals surface area contributed by atoms with Crippen molar-refractivity contribution in [1.82, 2.24) is 0 Å². The highest BCUT2D eigenvalue weighted by molar-refractivity contribution is 8.24. The second kappa shape index (κ2) is 6.27. The van der Waals surface area contributed by atoms with Crippen LogP contribution in [0.3, 0.4) is 0 Å². The van der Waals surface area contributed by atoms with E-state index in [1.807, 2.05) is 18.2 Å². The predicted molar refractivity (Wildman–Crippen MR) is 62.2 cm³/mol. The quantitative estimate of drug-likeness (QED) is 0.334. The summed E-state index contributed by atoms with van der Waals surface area (Å²) in [7, 11) is -0.229. The fourth-order valence-electron chi connectivity index (χ4n) is 0.921. The van der Waals surface area contributed by atoms with E-state index in [0.29, 0.717) is 6.61 Å². The molecule has 3 heteroatoms. The molecule has 1 rings (SSSR count). The highest BCUT2D eigenvalue weighted by Crippen LogP contribution is 2.33. The van der Waals surface area contributed by atoms with Crippen LogP contribution in [-0.4, -0.2) is 12.6 Å². The molecule has 0 saturated heterocycles. The summed E-state index contributed by atoms with van der Waals surface area (Å²) in [4.78, 5) is 10.9. The van der Waals surface area contributed by atoms with Crippen molar-refractivity contribution in [1.29, 1.82) is 0 Å². The first-order chi connectivity index (χ1) is 6.83. The van der Waals surface area contributed by atoms with Crippen LogP contribution in [0.25, 0.3) is 0 Å². The van der Waals surface area contributed by atoms with Crippen molar-refractivity contribution in [2.45, 2.75) is 6.92 Å². The molecule has 0 fully saturated rings. The van der Waals surface area contributed by atoms with Gasteiger partial charge in [-0.3, -0.25) is 0 Å². The Balaban J connectivity index is 2.28. The lowest BCUT2D eigenvalue weighted by Gasteiger charge is -1.98. The highest BCUT2D eigenvalue weighted by atomic mass is 32.2. The molecule has 1 heterocycles. The molecule has 0 atom stereocenters. The van der Waals surface area contributed by atoms with Gasteiger partial charge < -0.3 is 4.74 Å². The molecule has 76 valence electrons. The van der Waals surface area contributed by atoms with E-state index >= 15 is 0 Å². The van der Waals surface area contributed by atoms with Crippen molar-refractivity contribution in [2.75, 3.05) is 6.61 Å². The Bertz CT molecular complexity index is 288. The minimum absolute atomic E-state index is 0.229. The molecule has 1 aliphatic heterocycles.